The minimum Gasteiger partial charge on any atom is -0.361 e. The van der Waals surface area contributed by atoms with Gasteiger partial charge in [0.25, 0.3) is 5.91 Å². The fraction of sp³-hybridized carbons (Fsp3) is 0.312. The van der Waals surface area contributed by atoms with Crippen molar-refractivity contribution in [3.63, 3.8) is 0 Å². The van der Waals surface area contributed by atoms with Gasteiger partial charge in [-0.25, -0.2) is 0 Å². The summed E-state index contributed by atoms with van der Waals surface area (Å²) in [6.45, 7) is 10.8. The highest BCUT2D eigenvalue weighted by Crippen LogP contribution is 2.36. The molecular formula is C32H33N3O2. The molecule has 5 heteroatoms. The molecule has 0 N–H and O–H groups in total. The van der Waals surface area contributed by atoms with Crippen LogP contribution in [0.15, 0.2) is 71.3 Å². The number of hydrogen-bond acceptors (Lipinski definition) is 3. The van der Waals surface area contributed by atoms with Crippen molar-refractivity contribution in [1.29, 1.82) is 0 Å². The summed E-state index contributed by atoms with van der Waals surface area (Å²) in [5, 5.41) is 6.42. The fourth-order valence-corrected chi connectivity index (χ4v) is 6.00. The summed E-state index contributed by atoms with van der Waals surface area (Å²) < 4.78 is 7.82. The molecule has 1 aliphatic rings. The number of piperidine rings is 1. The second-order valence-corrected chi connectivity index (χ2v) is 11.2. The summed E-state index contributed by atoms with van der Waals surface area (Å²) in [4.78, 5) is 15.6. The highest BCUT2D eigenvalue weighted by atomic mass is 16.5. The van der Waals surface area contributed by atoms with Crippen molar-refractivity contribution in [3.05, 3.63) is 89.3 Å². The van der Waals surface area contributed by atoms with Gasteiger partial charge >= 0.3 is 0 Å². The van der Waals surface area contributed by atoms with Crippen LogP contribution in [0.2, 0.25) is 0 Å². The van der Waals surface area contributed by atoms with E-state index in [9.17, 15) is 4.79 Å². The van der Waals surface area contributed by atoms with Crippen molar-refractivity contribution >= 4 is 27.7 Å². The van der Waals surface area contributed by atoms with Crippen LogP contribution in [-0.4, -0.2) is 33.6 Å². The SMILES string of the molecule is Cc1noc(C)c1-c1ccc2c3cc(C(=O)N4CCCC(C)(C)C4)ccc3n(Cc3ccccc3)c2c1. The quantitative estimate of drug-likeness (QED) is 0.264. The van der Waals surface area contributed by atoms with E-state index < -0.39 is 0 Å². The second kappa shape index (κ2) is 8.91. The lowest BCUT2D eigenvalue weighted by Crippen LogP contribution is -2.43. The zero-order valence-corrected chi connectivity index (χ0v) is 22.0. The van der Waals surface area contributed by atoms with Gasteiger partial charge in [-0.05, 0) is 67.5 Å². The van der Waals surface area contributed by atoms with Crippen molar-refractivity contribution in [1.82, 2.24) is 14.6 Å². The topological polar surface area (TPSA) is 51.3 Å². The van der Waals surface area contributed by atoms with Gasteiger partial charge in [0.05, 0.1) is 11.2 Å². The molecule has 6 rings (SSSR count). The molecule has 0 unspecified atom stereocenters. The molecule has 1 amide bonds. The Balaban J connectivity index is 1.50. The second-order valence-electron chi connectivity index (χ2n) is 11.2. The lowest BCUT2D eigenvalue weighted by Gasteiger charge is -2.38. The first-order valence-electron chi connectivity index (χ1n) is 13.1. The summed E-state index contributed by atoms with van der Waals surface area (Å²) >= 11 is 0. The van der Waals surface area contributed by atoms with Crippen molar-refractivity contribution < 1.29 is 9.32 Å². The Morgan fingerprint density at radius 1 is 0.973 bits per heavy atom. The van der Waals surface area contributed by atoms with Gasteiger partial charge in [0.2, 0.25) is 0 Å². The first-order chi connectivity index (χ1) is 17.8. The number of amides is 1. The van der Waals surface area contributed by atoms with Crippen molar-refractivity contribution in [2.75, 3.05) is 13.1 Å². The molecule has 2 aromatic heterocycles. The maximum absolute atomic E-state index is 13.6. The van der Waals surface area contributed by atoms with Crippen molar-refractivity contribution in [3.8, 4) is 11.1 Å². The number of aryl methyl sites for hydroxylation is 2. The molecule has 0 atom stereocenters. The van der Waals surface area contributed by atoms with E-state index in [4.69, 9.17) is 4.52 Å². The van der Waals surface area contributed by atoms with E-state index in [0.717, 1.165) is 82.4 Å². The van der Waals surface area contributed by atoms with Gasteiger partial charge in [-0.1, -0.05) is 61.5 Å². The van der Waals surface area contributed by atoms with Crippen molar-refractivity contribution in [2.24, 2.45) is 5.41 Å². The standard InChI is InChI=1S/C32H33N3O2/c1-21-30(22(2)37-33-21)24-11-13-26-27-17-25(31(36)34-16-8-15-32(3,4)20-34)12-14-28(27)35(29(26)18-24)19-23-9-6-5-7-10-23/h5-7,9-14,17-18H,8,15-16,19-20H2,1-4H3. The molecule has 0 radical (unpaired) electrons. The van der Waals surface area contributed by atoms with Crippen LogP contribution < -0.4 is 0 Å². The summed E-state index contributed by atoms with van der Waals surface area (Å²) in [5.74, 6) is 0.950. The number of benzene rings is 3. The summed E-state index contributed by atoms with van der Waals surface area (Å²) in [5.41, 5.74) is 7.46. The predicted molar refractivity (Wildman–Crippen MR) is 149 cm³/mol. The fourth-order valence-electron chi connectivity index (χ4n) is 6.00. The molecule has 188 valence electrons. The van der Waals surface area contributed by atoms with Crippen LogP contribution >= 0.6 is 0 Å². The summed E-state index contributed by atoms with van der Waals surface area (Å²) in [7, 11) is 0. The molecular weight excluding hydrogens is 458 g/mol. The van der Waals surface area contributed by atoms with E-state index in [1.54, 1.807) is 0 Å². The molecule has 3 aromatic carbocycles. The minimum atomic E-state index is 0.131. The molecule has 0 saturated carbocycles. The van der Waals surface area contributed by atoms with Crippen LogP contribution in [0.4, 0.5) is 0 Å². The minimum absolute atomic E-state index is 0.131. The molecule has 0 bridgehead atoms. The average Bonchev–Trinajstić information content (AvgIpc) is 3.39. The average molecular weight is 492 g/mol. The monoisotopic (exact) mass is 491 g/mol. The zero-order valence-electron chi connectivity index (χ0n) is 22.0. The van der Waals surface area contributed by atoms with Gasteiger partial charge in [-0.15, -0.1) is 0 Å². The molecule has 5 nitrogen and oxygen atoms in total. The zero-order chi connectivity index (χ0) is 25.7. The Kier molecular flexibility index (Phi) is 5.67. The van der Waals surface area contributed by atoms with E-state index in [-0.39, 0.29) is 11.3 Å². The molecule has 1 fully saturated rings. The number of fused-ring (bicyclic) bond motifs is 3. The first-order valence-corrected chi connectivity index (χ1v) is 13.1. The number of hydrogen-bond donors (Lipinski definition) is 0. The largest absolute Gasteiger partial charge is 0.361 e. The Hall–Kier alpha value is -3.86. The molecule has 37 heavy (non-hydrogen) atoms. The van der Waals surface area contributed by atoms with Crippen molar-refractivity contribution in [2.45, 2.75) is 47.1 Å². The number of rotatable bonds is 4. The summed E-state index contributed by atoms with van der Waals surface area (Å²) in [6, 6.07) is 23.3. The number of likely N-dealkylation sites (tertiary alicyclic amines) is 1. The Labute approximate surface area is 217 Å². The highest BCUT2D eigenvalue weighted by molar-refractivity contribution is 6.11. The maximum Gasteiger partial charge on any atom is 0.253 e. The molecule has 3 heterocycles. The summed E-state index contributed by atoms with van der Waals surface area (Å²) in [6.07, 6.45) is 2.22. The molecule has 1 aliphatic heterocycles. The molecule has 5 aromatic rings. The van der Waals surface area contributed by atoms with Crippen LogP contribution in [0.25, 0.3) is 32.9 Å². The van der Waals surface area contributed by atoms with Crippen LogP contribution in [0.5, 0.6) is 0 Å². The van der Waals surface area contributed by atoms with Gasteiger partial charge in [-0.3, -0.25) is 4.79 Å². The number of carbonyl (C=O) groups excluding carboxylic acids is 1. The van der Waals surface area contributed by atoms with Gasteiger partial charge < -0.3 is 14.0 Å². The molecule has 1 saturated heterocycles. The van der Waals surface area contributed by atoms with Crippen LogP contribution in [0.3, 0.4) is 0 Å². The van der Waals surface area contributed by atoms with Crippen LogP contribution in [-0.2, 0) is 6.54 Å². The maximum atomic E-state index is 13.6. The van der Waals surface area contributed by atoms with E-state index in [2.05, 4.69) is 78.2 Å². The Morgan fingerprint density at radius 3 is 2.51 bits per heavy atom. The van der Waals surface area contributed by atoms with E-state index >= 15 is 0 Å². The smallest absolute Gasteiger partial charge is 0.253 e. The van der Waals surface area contributed by atoms with Gasteiger partial charge in [0.1, 0.15) is 5.76 Å². The Bertz CT molecular complexity index is 1610. The van der Waals surface area contributed by atoms with Gasteiger partial charge in [0, 0.05) is 47.1 Å². The van der Waals surface area contributed by atoms with E-state index in [0.29, 0.717) is 0 Å². The van der Waals surface area contributed by atoms with Crippen LogP contribution in [0.1, 0.15) is 54.1 Å². The first kappa shape index (κ1) is 23.5. The lowest BCUT2D eigenvalue weighted by molar-refractivity contribution is 0.0583. The molecule has 0 spiro atoms. The van der Waals surface area contributed by atoms with Crippen LogP contribution in [0, 0.1) is 19.3 Å². The number of nitrogens with zero attached hydrogens (tertiary/aromatic N) is 3. The Morgan fingerprint density at radius 2 is 1.78 bits per heavy atom. The third-order valence-corrected chi connectivity index (χ3v) is 7.81. The number of aromatic nitrogens is 2. The van der Waals surface area contributed by atoms with Gasteiger partial charge in [-0.2, -0.15) is 0 Å². The molecule has 0 aliphatic carbocycles. The normalized spacial score (nSPS) is 15.5. The van der Waals surface area contributed by atoms with E-state index in [1.807, 2.05) is 30.9 Å². The van der Waals surface area contributed by atoms with Gasteiger partial charge in [0.15, 0.2) is 0 Å². The lowest BCUT2D eigenvalue weighted by atomic mass is 9.84. The van der Waals surface area contributed by atoms with E-state index in [1.165, 1.54) is 5.56 Å². The third kappa shape index (κ3) is 4.22. The predicted octanol–water partition coefficient (Wildman–Crippen LogP) is 7.38. The number of carbonyl (C=O) groups is 1. The third-order valence-electron chi connectivity index (χ3n) is 7.81. The highest BCUT2D eigenvalue weighted by Gasteiger charge is 2.30.